The van der Waals surface area contributed by atoms with Gasteiger partial charge < -0.3 is 4.42 Å². The van der Waals surface area contributed by atoms with Crippen LogP contribution in [-0.2, 0) is 6.42 Å². The van der Waals surface area contributed by atoms with Gasteiger partial charge >= 0.3 is 0 Å². The van der Waals surface area contributed by atoms with Gasteiger partial charge in [-0.1, -0.05) is 0 Å². The monoisotopic (exact) mass is 148 g/mol. The second kappa shape index (κ2) is 3.30. The van der Waals surface area contributed by atoms with Gasteiger partial charge in [0.2, 0.25) is 0 Å². The van der Waals surface area contributed by atoms with Crippen molar-refractivity contribution in [1.29, 1.82) is 0 Å². The van der Waals surface area contributed by atoms with E-state index in [1.807, 2.05) is 19.9 Å². The van der Waals surface area contributed by atoms with Crippen molar-refractivity contribution < 1.29 is 4.42 Å². The summed E-state index contributed by atoms with van der Waals surface area (Å²) in [5, 5.41) is 0. The fourth-order valence-electron chi connectivity index (χ4n) is 1.14. The summed E-state index contributed by atoms with van der Waals surface area (Å²) in [6.07, 6.45) is 6.87. The van der Waals surface area contributed by atoms with Crippen molar-refractivity contribution in [3.63, 3.8) is 0 Å². The van der Waals surface area contributed by atoms with Crippen molar-refractivity contribution >= 4 is 0 Å². The maximum atomic E-state index is 5.34. The Morgan fingerprint density at radius 3 is 2.73 bits per heavy atom. The first-order chi connectivity index (χ1) is 5.24. The first-order valence-electron chi connectivity index (χ1n) is 3.73. The predicted molar refractivity (Wildman–Crippen MR) is 45.3 cm³/mol. The van der Waals surface area contributed by atoms with Gasteiger partial charge in [0.15, 0.2) is 0 Å². The first kappa shape index (κ1) is 7.94. The van der Waals surface area contributed by atoms with Crippen molar-refractivity contribution in [2.24, 2.45) is 0 Å². The van der Waals surface area contributed by atoms with Crippen LogP contribution in [-0.4, -0.2) is 0 Å². The van der Waals surface area contributed by atoms with Crippen LogP contribution in [0, 0.1) is 26.2 Å². The van der Waals surface area contributed by atoms with E-state index in [-0.39, 0.29) is 0 Å². The average Bonchev–Trinajstić information content (AvgIpc) is 2.26. The van der Waals surface area contributed by atoms with Gasteiger partial charge in [0.25, 0.3) is 0 Å². The Hall–Kier alpha value is -1.16. The minimum atomic E-state index is 0.791. The van der Waals surface area contributed by atoms with Gasteiger partial charge in [0.05, 0.1) is 0 Å². The van der Waals surface area contributed by atoms with Gasteiger partial charge in [0, 0.05) is 6.42 Å². The molecule has 0 aromatic carbocycles. The van der Waals surface area contributed by atoms with Crippen molar-refractivity contribution in [3.05, 3.63) is 23.2 Å². The van der Waals surface area contributed by atoms with Crippen LogP contribution in [0.15, 0.2) is 10.5 Å². The topological polar surface area (TPSA) is 13.1 Å². The standard InChI is InChI=1S/C10H12O/c1-4-5-6-10-7-8(2)11-9(10)3/h1,7H,5-6H2,2-3H3. The van der Waals surface area contributed by atoms with E-state index in [9.17, 15) is 0 Å². The van der Waals surface area contributed by atoms with Crippen LogP contribution in [0.3, 0.4) is 0 Å². The van der Waals surface area contributed by atoms with Gasteiger partial charge in [-0.3, -0.25) is 0 Å². The molecule has 1 aromatic heterocycles. The molecule has 0 radical (unpaired) electrons. The van der Waals surface area contributed by atoms with E-state index in [1.54, 1.807) is 0 Å². The third kappa shape index (κ3) is 1.88. The smallest absolute Gasteiger partial charge is 0.104 e. The van der Waals surface area contributed by atoms with Gasteiger partial charge in [0.1, 0.15) is 11.5 Å². The molecule has 0 atom stereocenters. The Bertz CT molecular complexity index is 276. The molecule has 0 unspecified atom stereocenters. The fourth-order valence-corrected chi connectivity index (χ4v) is 1.14. The summed E-state index contributed by atoms with van der Waals surface area (Å²) < 4.78 is 5.34. The quantitative estimate of drug-likeness (QED) is 0.587. The largest absolute Gasteiger partial charge is 0.466 e. The Morgan fingerprint density at radius 1 is 1.55 bits per heavy atom. The van der Waals surface area contributed by atoms with Crippen LogP contribution >= 0.6 is 0 Å². The maximum absolute atomic E-state index is 5.34. The second-order valence-corrected chi connectivity index (χ2v) is 2.64. The predicted octanol–water partition coefficient (Wildman–Crippen LogP) is 2.46. The van der Waals surface area contributed by atoms with Crippen LogP contribution in [0.25, 0.3) is 0 Å². The first-order valence-corrected chi connectivity index (χ1v) is 3.73. The Balaban J connectivity index is 2.71. The van der Waals surface area contributed by atoms with Gasteiger partial charge in [-0.2, -0.15) is 0 Å². The molecule has 1 heterocycles. The molecule has 0 N–H and O–H groups in total. The molecular formula is C10H12O. The van der Waals surface area contributed by atoms with Crippen LogP contribution in [0.5, 0.6) is 0 Å². The van der Waals surface area contributed by atoms with E-state index in [1.165, 1.54) is 5.56 Å². The number of terminal acetylenes is 1. The lowest BCUT2D eigenvalue weighted by molar-refractivity contribution is 0.501. The summed E-state index contributed by atoms with van der Waals surface area (Å²) in [5.41, 5.74) is 1.24. The molecule has 1 aromatic rings. The van der Waals surface area contributed by atoms with Crippen LogP contribution in [0.1, 0.15) is 23.5 Å². The molecule has 0 saturated heterocycles. The highest BCUT2D eigenvalue weighted by atomic mass is 16.3. The summed E-state index contributed by atoms with van der Waals surface area (Å²) in [5.74, 6) is 4.58. The molecule has 0 spiro atoms. The Morgan fingerprint density at radius 2 is 2.27 bits per heavy atom. The number of hydrogen-bond donors (Lipinski definition) is 0. The third-order valence-electron chi connectivity index (χ3n) is 1.68. The molecule has 11 heavy (non-hydrogen) atoms. The number of hydrogen-bond acceptors (Lipinski definition) is 1. The van der Waals surface area contributed by atoms with E-state index < -0.39 is 0 Å². The zero-order valence-corrected chi connectivity index (χ0v) is 6.98. The van der Waals surface area contributed by atoms with Crippen molar-refractivity contribution in [2.45, 2.75) is 26.7 Å². The normalized spacial score (nSPS) is 9.55. The van der Waals surface area contributed by atoms with E-state index in [0.29, 0.717) is 0 Å². The summed E-state index contributed by atoms with van der Waals surface area (Å²) in [4.78, 5) is 0. The van der Waals surface area contributed by atoms with Crippen molar-refractivity contribution in [3.8, 4) is 12.3 Å². The summed E-state index contributed by atoms with van der Waals surface area (Å²) in [6.45, 7) is 3.92. The Labute approximate surface area is 67.4 Å². The highest BCUT2D eigenvalue weighted by Gasteiger charge is 2.02. The zero-order chi connectivity index (χ0) is 8.27. The molecule has 0 amide bonds. The second-order valence-electron chi connectivity index (χ2n) is 2.64. The maximum Gasteiger partial charge on any atom is 0.104 e. The average molecular weight is 148 g/mol. The molecule has 58 valence electrons. The van der Waals surface area contributed by atoms with E-state index in [0.717, 1.165) is 24.4 Å². The summed E-state index contributed by atoms with van der Waals surface area (Å²) in [6, 6.07) is 2.05. The third-order valence-corrected chi connectivity index (χ3v) is 1.68. The van der Waals surface area contributed by atoms with Crippen molar-refractivity contribution in [1.82, 2.24) is 0 Å². The van der Waals surface area contributed by atoms with E-state index in [4.69, 9.17) is 10.8 Å². The minimum absolute atomic E-state index is 0.791. The van der Waals surface area contributed by atoms with Gasteiger partial charge in [-0.25, -0.2) is 0 Å². The Kier molecular flexibility index (Phi) is 2.38. The summed E-state index contributed by atoms with van der Waals surface area (Å²) in [7, 11) is 0. The molecule has 0 aliphatic carbocycles. The number of aryl methyl sites for hydroxylation is 3. The zero-order valence-electron chi connectivity index (χ0n) is 6.98. The highest BCUT2D eigenvalue weighted by Crippen LogP contribution is 2.14. The molecule has 0 aliphatic heterocycles. The lowest BCUT2D eigenvalue weighted by atomic mass is 10.1. The molecule has 1 heteroatoms. The minimum Gasteiger partial charge on any atom is -0.466 e. The molecule has 0 aliphatic rings. The SMILES string of the molecule is C#CCCc1cc(C)oc1C. The van der Waals surface area contributed by atoms with Gasteiger partial charge in [-0.05, 0) is 31.9 Å². The van der Waals surface area contributed by atoms with Crippen LogP contribution in [0.4, 0.5) is 0 Å². The lowest BCUT2D eigenvalue weighted by Gasteiger charge is -1.90. The van der Waals surface area contributed by atoms with Gasteiger partial charge in [-0.15, -0.1) is 12.3 Å². The van der Waals surface area contributed by atoms with Crippen LogP contribution in [0.2, 0.25) is 0 Å². The molecule has 0 fully saturated rings. The van der Waals surface area contributed by atoms with Crippen molar-refractivity contribution in [2.75, 3.05) is 0 Å². The molecule has 1 rings (SSSR count). The summed E-state index contributed by atoms with van der Waals surface area (Å²) >= 11 is 0. The van der Waals surface area contributed by atoms with Crippen LogP contribution < -0.4 is 0 Å². The molecule has 0 saturated carbocycles. The van der Waals surface area contributed by atoms with E-state index >= 15 is 0 Å². The number of furan rings is 1. The fraction of sp³-hybridized carbons (Fsp3) is 0.400. The molecule has 1 nitrogen and oxygen atoms in total. The lowest BCUT2D eigenvalue weighted by Crippen LogP contribution is -1.81. The molecular weight excluding hydrogens is 136 g/mol. The number of rotatable bonds is 2. The molecule has 0 bridgehead atoms. The van der Waals surface area contributed by atoms with E-state index in [2.05, 4.69) is 5.92 Å². The highest BCUT2D eigenvalue weighted by molar-refractivity contribution is 5.20.